The maximum Gasteiger partial charge on any atom is 0.185 e. The first kappa shape index (κ1) is 5.90. The van der Waals surface area contributed by atoms with Crippen LogP contribution in [0.5, 0.6) is 0 Å². The highest BCUT2D eigenvalue weighted by atomic mass is 15.4. The fraction of sp³-hybridized carbons (Fsp3) is 0. The molecule has 54 valence electrons. The van der Waals surface area contributed by atoms with Gasteiger partial charge in [-0.1, -0.05) is 5.22 Å². The predicted octanol–water partition coefficient (Wildman–Crippen LogP) is 0.620. The Morgan fingerprint density at radius 1 is 1.45 bits per heavy atom. The van der Waals surface area contributed by atoms with Gasteiger partial charge in [0.2, 0.25) is 0 Å². The van der Waals surface area contributed by atoms with E-state index in [9.17, 15) is 0 Å². The monoisotopic (exact) mass is 148 g/mol. The molecule has 0 aliphatic heterocycles. The van der Waals surface area contributed by atoms with Crippen molar-refractivity contribution in [2.75, 3.05) is 0 Å². The van der Waals surface area contributed by atoms with Gasteiger partial charge in [0.05, 0.1) is 6.20 Å². The number of hydrogen-bond acceptors (Lipinski definition) is 5. The van der Waals surface area contributed by atoms with Crippen molar-refractivity contribution in [2.24, 2.45) is 5.22 Å². The van der Waals surface area contributed by atoms with Crippen molar-refractivity contribution < 1.29 is 0 Å². The second kappa shape index (κ2) is 2.08. The van der Waals surface area contributed by atoms with Crippen molar-refractivity contribution in [3.8, 4) is 0 Å². The molecule has 0 aliphatic carbocycles. The van der Waals surface area contributed by atoms with Crippen molar-refractivity contribution in [2.45, 2.75) is 0 Å². The summed E-state index contributed by atoms with van der Waals surface area (Å²) in [5.74, 6) is 0. The third-order valence-corrected chi connectivity index (χ3v) is 1.30. The lowest BCUT2D eigenvalue weighted by molar-refractivity contribution is 0.780. The summed E-state index contributed by atoms with van der Waals surface area (Å²) in [6.07, 6.45) is 4.39. The van der Waals surface area contributed by atoms with Crippen LogP contribution in [0.1, 0.15) is 0 Å². The molecule has 0 bridgehead atoms. The van der Waals surface area contributed by atoms with Gasteiger partial charge in [0.15, 0.2) is 5.65 Å². The summed E-state index contributed by atoms with van der Waals surface area (Å²) < 4.78 is 1.27. The average molecular weight is 148 g/mol. The van der Waals surface area contributed by atoms with Crippen LogP contribution in [0.15, 0.2) is 24.1 Å². The molecule has 2 aromatic rings. The Hall–Kier alpha value is -1.85. The highest BCUT2D eigenvalue weighted by Crippen LogP contribution is 2.05. The van der Waals surface area contributed by atoms with Crippen LogP contribution in [0.2, 0.25) is 0 Å². The van der Waals surface area contributed by atoms with Crippen LogP contribution in [0.25, 0.3) is 11.2 Å². The lowest BCUT2D eigenvalue weighted by Gasteiger charge is -1.87. The number of nitrogens with one attached hydrogen (secondary N) is 1. The van der Waals surface area contributed by atoms with Crippen LogP contribution in [0.3, 0.4) is 0 Å². The van der Waals surface area contributed by atoms with Crippen molar-refractivity contribution in [3.05, 3.63) is 18.9 Å². The van der Waals surface area contributed by atoms with Crippen molar-refractivity contribution in [3.63, 3.8) is 0 Å². The Bertz CT molecular complexity index is 391. The third-order valence-electron chi connectivity index (χ3n) is 1.30. The van der Waals surface area contributed by atoms with Gasteiger partial charge in [-0.2, -0.15) is 10.2 Å². The van der Waals surface area contributed by atoms with E-state index in [0.717, 1.165) is 0 Å². The molecule has 2 rings (SSSR count). The van der Waals surface area contributed by atoms with Gasteiger partial charge in [-0.05, 0) is 0 Å². The van der Waals surface area contributed by atoms with Gasteiger partial charge in [0.1, 0.15) is 18.2 Å². The maximum absolute atomic E-state index is 6.73. The summed E-state index contributed by atoms with van der Waals surface area (Å²) in [5.41, 5.74) is 7.92. The van der Waals surface area contributed by atoms with Gasteiger partial charge in [-0.15, -0.1) is 0 Å². The molecule has 0 radical (unpaired) electrons. The zero-order chi connectivity index (χ0) is 7.68. The summed E-state index contributed by atoms with van der Waals surface area (Å²) in [6.45, 7) is 0. The van der Waals surface area contributed by atoms with Crippen LogP contribution in [0, 0.1) is 5.53 Å². The number of rotatable bonds is 1. The van der Waals surface area contributed by atoms with E-state index in [-0.39, 0.29) is 0 Å². The van der Waals surface area contributed by atoms with Gasteiger partial charge in [0, 0.05) is 0 Å². The summed E-state index contributed by atoms with van der Waals surface area (Å²) in [4.78, 5) is 11.6. The Labute approximate surface area is 61.4 Å². The van der Waals surface area contributed by atoms with Gasteiger partial charge >= 0.3 is 0 Å². The molecule has 0 fully saturated rings. The van der Waals surface area contributed by atoms with Crippen LogP contribution in [-0.2, 0) is 0 Å². The third kappa shape index (κ3) is 0.759. The molecule has 0 aromatic carbocycles. The number of hydrogen-bond donors (Lipinski definition) is 1. The lowest BCUT2D eigenvalue weighted by atomic mass is 10.6. The summed E-state index contributed by atoms with van der Waals surface area (Å²) in [6, 6.07) is 0. The minimum atomic E-state index is 0.551. The second-order valence-corrected chi connectivity index (χ2v) is 1.92. The summed E-state index contributed by atoms with van der Waals surface area (Å²) in [7, 11) is 0. The molecule has 6 nitrogen and oxygen atoms in total. The zero-order valence-corrected chi connectivity index (χ0v) is 5.47. The van der Waals surface area contributed by atoms with Gasteiger partial charge in [0.25, 0.3) is 0 Å². The van der Waals surface area contributed by atoms with E-state index in [0.29, 0.717) is 11.2 Å². The van der Waals surface area contributed by atoms with Gasteiger partial charge in [-0.3, -0.25) is 0 Å². The first-order chi connectivity index (χ1) is 5.42. The van der Waals surface area contributed by atoms with Gasteiger partial charge < -0.3 is 0 Å². The quantitative estimate of drug-likeness (QED) is 0.602. The number of fused-ring (bicyclic) bond motifs is 1. The van der Waals surface area contributed by atoms with E-state index in [1.165, 1.54) is 17.3 Å². The predicted molar refractivity (Wildman–Crippen MR) is 35.9 cm³/mol. The van der Waals surface area contributed by atoms with E-state index in [1.54, 1.807) is 6.20 Å². The molecule has 0 amide bonds. The van der Waals surface area contributed by atoms with Crippen LogP contribution < -0.4 is 0 Å². The van der Waals surface area contributed by atoms with Crippen LogP contribution in [-0.4, -0.2) is 19.6 Å². The van der Waals surface area contributed by atoms with E-state index < -0.39 is 0 Å². The Morgan fingerprint density at radius 3 is 3.18 bits per heavy atom. The van der Waals surface area contributed by atoms with Crippen molar-refractivity contribution >= 4 is 11.2 Å². The number of nitrogens with zero attached hydrogens (tertiary/aromatic N) is 5. The SMILES string of the molecule is N=Nn1cnc2cncnc21. The minimum Gasteiger partial charge on any atom is -0.242 e. The van der Waals surface area contributed by atoms with Crippen LogP contribution >= 0.6 is 0 Å². The normalized spacial score (nSPS) is 10.2. The van der Waals surface area contributed by atoms with Gasteiger partial charge in [-0.25, -0.2) is 15.0 Å². The fourth-order valence-electron chi connectivity index (χ4n) is 0.828. The van der Waals surface area contributed by atoms with E-state index >= 15 is 0 Å². The van der Waals surface area contributed by atoms with Crippen molar-refractivity contribution in [1.82, 2.24) is 19.6 Å². The lowest BCUT2D eigenvalue weighted by Crippen LogP contribution is -1.86. The molecule has 0 saturated carbocycles. The van der Waals surface area contributed by atoms with Crippen molar-refractivity contribution in [1.29, 1.82) is 5.53 Å². The molecular formula is C5H4N6. The van der Waals surface area contributed by atoms with E-state index in [4.69, 9.17) is 5.53 Å². The molecule has 11 heavy (non-hydrogen) atoms. The highest BCUT2D eigenvalue weighted by molar-refractivity contribution is 5.68. The van der Waals surface area contributed by atoms with E-state index in [1.807, 2.05) is 0 Å². The number of imidazole rings is 1. The van der Waals surface area contributed by atoms with Crippen LogP contribution in [0.4, 0.5) is 0 Å². The smallest absolute Gasteiger partial charge is 0.185 e. The topological polar surface area (TPSA) is 79.8 Å². The summed E-state index contributed by atoms with van der Waals surface area (Å²) >= 11 is 0. The molecule has 0 atom stereocenters. The Kier molecular flexibility index (Phi) is 1.12. The maximum atomic E-state index is 6.73. The molecule has 2 heterocycles. The molecule has 1 N–H and O–H groups in total. The first-order valence-corrected chi connectivity index (χ1v) is 2.92. The molecule has 0 unspecified atom stereocenters. The molecule has 0 saturated heterocycles. The molecule has 2 aromatic heterocycles. The Balaban J connectivity index is 2.86. The molecule has 0 spiro atoms. The zero-order valence-electron chi connectivity index (χ0n) is 5.47. The highest BCUT2D eigenvalue weighted by Gasteiger charge is 2.00. The number of aromatic nitrogens is 4. The Morgan fingerprint density at radius 2 is 2.36 bits per heavy atom. The standard InChI is InChI=1S/C5H4N6/c6-10-11-3-9-4-1-7-2-8-5(4)11/h1-3,6H. The first-order valence-electron chi connectivity index (χ1n) is 2.92. The molecule has 0 aliphatic rings. The largest absolute Gasteiger partial charge is 0.242 e. The molecular weight excluding hydrogens is 144 g/mol. The molecule has 6 heteroatoms. The fourth-order valence-corrected chi connectivity index (χ4v) is 0.828. The second-order valence-electron chi connectivity index (χ2n) is 1.92. The summed E-state index contributed by atoms with van der Waals surface area (Å²) in [5, 5.41) is 3.17. The average Bonchev–Trinajstić information content (AvgIpc) is 2.47. The van der Waals surface area contributed by atoms with E-state index in [2.05, 4.69) is 20.2 Å². The minimum absolute atomic E-state index is 0.551.